The fourth-order valence-electron chi connectivity index (χ4n) is 0.793. The van der Waals surface area contributed by atoms with Gasteiger partial charge in [-0.05, 0) is 12.1 Å². The zero-order valence-electron chi connectivity index (χ0n) is 7.12. The number of amides is 1. The van der Waals surface area contributed by atoms with Gasteiger partial charge in [-0.3, -0.25) is 4.79 Å². The first kappa shape index (κ1) is 9.97. The number of hydrogen-bond donors (Lipinski definition) is 1. The molecular formula is C8H8N2O4. The summed E-state index contributed by atoms with van der Waals surface area (Å²) in [5.74, 6) is -0.562. The van der Waals surface area contributed by atoms with Gasteiger partial charge in [0.05, 0.1) is 0 Å². The summed E-state index contributed by atoms with van der Waals surface area (Å²) < 4.78 is 4.93. The first-order valence-corrected chi connectivity index (χ1v) is 3.73. The van der Waals surface area contributed by atoms with Crippen molar-refractivity contribution in [1.29, 1.82) is 0 Å². The summed E-state index contributed by atoms with van der Waals surface area (Å²) in [5, 5.41) is 2.08. The molecule has 2 N–H and O–H groups in total. The van der Waals surface area contributed by atoms with Crippen LogP contribution in [0.15, 0.2) is 35.7 Å². The lowest BCUT2D eigenvalue weighted by Crippen LogP contribution is -2.34. The lowest BCUT2D eigenvalue weighted by atomic mass is 10.3. The Balaban J connectivity index is 2.64. The van der Waals surface area contributed by atoms with Crippen molar-refractivity contribution in [1.82, 2.24) is 0 Å². The molecule has 1 rings (SSSR count). The number of rotatable bonds is 5. The molecule has 0 bridgehead atoms. The van der Waals surface area contributed by atoms with Crippen molar-refractivity contribution >= 4 is 5.91 Å². The Morgan fingerprint density at radius 3 is 2.50 bits per heavy atom. The van der Waals surface area contributed by atoms with E-state index in [-0.39, 0.29) is 0 Å². The molecule has 0 saturated carbocycles. The van der Waals surface area contributed by atoms with E-state index >= 15 is 0 Å². The molecule has 1 unspecified atom stereocenters. The smallest absolute Gasteiger partial charge is 0.347 e. The van der Waals surface area contributed by atoms with Crippen LogP contribution in [-0.4, -0.2) is 12.2 Å². The number of hydrogen-bond acceptors (Lipinski definition) is 5. The van der Waals surface area contributed by atoms with Crippen LogP contribution in [0.3, 0.4) is 0 Å². The molecule has 6 heteroatoms. The predicted molar refractivity (Wildman–Crippen MR) is 46.9 cm³/mol. The number of carbonyl (C=O) groups is 1. The molecule has 74 valence electrons. The molecule has 0 spiro atoms. The summed E-state index contributed by atoms with van der Waals surface area (Å²) in [6, 6.07) is 8.34. The SMILES string of the molecule is NC(=O)C(ON=O)Oc1ccccc1. The van der Waals surface area contributed by atoms with E-state index in [1.54, 1.807) is 30.3 Å². The van der Waals surface area contributed by atoms with Crippen LogP contribution in [-0.2, 0) is 9.63 Å². The second-order valence-corrected chi connectivity index (χ2v) is 2.35. The van der Waals surface area contributed by atoms with Crippen LogP contribution in [0, 0.1) is 4.91 Å². The van der Waals surface area contributed by atoms with Gasteiger partial charge in [0, 0.05) is 0 Å². The molecule has 0 radical (unpaired) electrons. The predicted octanol–water partition coefficient (Wildman–Crippen LogP) is 0.575. The molecule has 0 fully saturated rings. The maximum Gasteiger partial charge on any atom is 0.347 e. The van der Waals surface area contributed by atoms with Crippen molar-refractivity contribution in [3.63, 3.8) is 0 Å². The Labute approximate surface area is 79.5 Å². The van der Waals surface area contributed by atoms with E-state index in [4.69, 9.17) is 10.5 Å². The van der Waals surface area contributed by atoms with Gasteiger partial charge < -0.3 is 15.3 Å². The van der Waals surface area contributed by atoms with E-state index in [1.807, 2.05) is 0 Å². The van der Waals surface area contributed by atoms with Crippen LogP contribution >= 0.6 is 0 Å². The van der Waals surface area contributed by atoms with Gasteiger partial charge in [0.2, 0.25) is 0 Å². The number of nitrogens with two attached hydrogens (primary N) is 1. The van der Waals surface area contributed by atoms with E-state index in [2.05, 4.69) is 10.2 Å². The number of para-hydroxylation sites is 1. The average molecular weight is 196 g/mol. The molecule has 0 saturated heterocycles. The maximum atomic E-state index is 10.7. The minimum atomic E-state index is -1.49. The van der Waals surface area contributed by atoms with Gasteiger partial charge in [0.1, 0.15) is 5.75 Å². The van der Waals surface area contributed by atoms with Crippen molar-refractivity contribution < 1.29 is 14.4 Å². The van der Waals surface area contributed by atoms with Gasteiger partial charge in [-0.1, -0.05) is 18.2 Å². The molecule has 0 aromatic heterocycles. The number of benzene rings is 1. The molecular weight excluding hydrogens is 188 g/mol. The van der Waals surface area contributed by atoms with Gasteiger partial charge in [0.15, 0.2) is 5.34 Å². The molecule has 1 aromatic rings. The third kappa shape index (κ3) is 2.74. The van der Waals surface area contributed by atoms with Crippen LogP contribution < -0.4 is 10.5 Å². The van der Waals surface area contributed by atoms with Gasteiger partial charge in [-0.15, -0.1) is 4.91 Å². The third-order valence-electron chi connectivity index (χ3n) is 1.36. The Hall–Kier alpha value is -2.11. The van der Waals surface area contributed by atoms with Crippen molar-refractivity contribution in [2.45, 2.75) is 6.29 Å². The van der Waals surface area contributed by atoms with E-state index in [0.29, 0.717) is 5.75 Å². The fourth-order valence-corrected chi connectivity index (χ4v) is 0.793. The Bertz CT molecular complexity index is 314. The van der Waals surface area contributed by atoms with E-state index in [1.165, 1.54) is 0 Å². The molecule has 0 heterocycles. The van der Waals surface area contributed by atoms with Gasteiger partial charge in [-0.25, -0.2) is 0 Å². The summed E-state index contributed by atoms with van der Waals surface area (Å²) in [4.78, 5) is 24.5. The largest absolute Gasteiger partial charge is 0.445 e. The Morgan fingerprint density at radius 1 is 1.36 bits per heavy atom. The van der Waals surface area contributed by atoms with E-state index in [0.717, 1.165) is 0 Å². The zero-order valence-corrected chi connectivity index (χ0v) is 7.12. The van der Waals surface area contributed by atoms with Crippen LogP contribution in [0.25, 0.3) is 0 Å². The summed E-state index contributed by atoms with van der Waals surface area (Å²) >= 11 is 0. The van der Waals surface area contributed by atoms with Crippen molar-refractivity contribution in [2.75, 3.05) is 0 Å². The topological polar surface area (TPSA) is 91.0 Å². The molecule has 0 aliphatic rings. The molecule has 14 heavy (non-hydrogen) atoms. The Morgan fingerprint density at radius 2 is 2.00 bits per heavy atom. The highest BCUT2D eigenvalue weighted by atomic mass is 16.8. The minimum absolute atomic E-state index is 0.361. The lowest BCUT2D eigenvalue weighted by Gasteiger charge is -2.11. The maximum absolute atomic E-state index is 10.7. The highest BCUT2D eigenvalue weighted by Crippen LogP contribution is 2.11. The second kappa shape index (κ2) is 4.80. The standard InChI is InChI=1S/C8H8N2O4/c9-7(11)8(14-10-12)13-6-4-2-1-3-5-6/h1-5,8H,(H2,9,11). The number of primary amides is 1. The van der Waals surface area contributed by atoms with Crippen molar-refractivity contribution in [3.05, 3.63) is 35.2 Å². The first-order valence-electron chi connectivity index (χ1n) is 3.73. The van der Waals surface area contributed by atoms with Crippen LogP contribution in [0.5, 0.6) is 5.75 Å². The highest BCUT2D eigenvalue weighted by Gasteiger charge is 2.19. The van der Waals surface area contributed by atoms with Gasteiger partial charge in [-0.2, -0.15) is 0 Å². The number of ether oxygens (including phenoxy) is 1. The fraction of sp³-hybridized carbons (Fsp3) is 0.125. The first-order chi connectivity index (χ1) is 6.74. The summed E-state index contributed by atoms with van der Waals surface area (Å²) in [6.07, 6.45) is -1.49. The van der Waals surface area contributed by atoms with Crippen LogP contribution in [0.1, 0.15) is 0 Å². The van der Waals surface area contributed by atoms with Gasteiger partial charge >= 0.3 is 12.2 Å². The molecule has 0 aliphatic heterocycles. The minimum Gasteiger partial charge on any atom is -0.445 e. The summed E-state index contributed by atoms with van der Waals surface area (Å²) in [7, 11) is 0. The van der Waals surface area contributed by atoms with Gasteiger partial charge in [0.25, 0.3) is 0 Å². The summed E-state index contributed by atoms with van der Waals surface area (Å²) in [6.45, 7) is 0. The zero-order chi connectivity index (χ0) is 10.4. The Kier molecular flexibility index (Phi) is 3.42. The third-order valence-corrected chi connectivity index (χ3v) is 1.36. The van der Waals surface area contributed by atoms with Crippen molar-refractivity contribution in [2.24, 2.45) is 11.1 Å². The number of carbonyl (C=O) groups excluding carboxylic acids is 1. The normalized spacial score (nSPS) is 11.4. The highest BCUT2D eigenvalue weighted by molar-refractivity contribution is 5.77. The lowest BCUT2D eigenvalue weighted by molar-refractivity contribution is -0.149. The van der Waals surface area contributed by atoms with Crippen LogP contribution in [0.4, 0.5) is 0 Å². The second-order valence-electron chi connectivity index (χ2n) is 2.35. The quantitative estimate of drug-likeness (QED) is 0.423. The van der Waals surface area contributed by atoms with Crippen molar-refractivity contribution in [3.8, 4) is 5.75 Å². The van der Waals surface area contributed by atoms with E-state index in [9.17, 15) is 9.70 Å². The molecule has 1 aromatic carbocycles. The summed E-state index contributed by atoms with van der Waals surface area (Å²) in [5.41, 5.74) is 4.88. The molecule has 1 atom stereocenters. The van der Waals surface area contributed by atoms with Crippen LogP contribution in [0.2, 0.25) is 0 Å². The number of nitrogens with zero attached hydrogens (tertiary/aromatic N) is 1. The van der Waals surface area contributed by atoms with E-state index < -0.39 is 12.2 Å². The average Bonchev–Trinajstić information content (AvgIpc) is 2.18. The molecule has 1 amide bonds. The monoisotopic (exact) mass is 196 g/mol. The molecule has 0 aliphatic carbocycles. The molecule has 6 nitrogen and oxygen atoms in total.